The van der Waals surface area contributed by atoms with Crippen molar-refractivity contribution in [2.75, 3.05) is 27.3 Å². The molecule has 2 aromatic carbocycles. The molecule has 1 heterocycles. The Bertz CT molecular complexity index is 1140. The van der Waals surface area contributed by atoms with Crippen molar-refractivity contribution in [2.24, 2.45) is 0 Å². The molecule has 3 aromatic rings. The van der Waals surface area contributed by atoms with Crippen molar-refractivity contribution < 1.29 is 14.4 Å². The third kappa shape index (κ3) is 5.10. The fourth-order valence-electron chi connectivity index (χ4n) is 3.09. The zero-order valence-electron chi connectivity index (χ0n) is 18.5. The van der Waals surface area contributed by atoms with Crippen molar-refractivity contribution >= 4 is 16.8 Å². The monoisotopic (exact) mass is 424 g/mol. The molecule has 0 aliphatic carbocycles. The van der Waals surface area contributed by atoms with Crippen molar-refractivity contribution in [1.82, 2.24) is 19.9 Å². The molecule has 0 fully saturated rings. The summed E-state index contributed by atoms with van der Waals surface area (Å²) in [4.78, 5) is 36.7. The molecule has 0 saturated heterocycles. The van der Waals surface area contributed by atoms with Gasteiger partial charge in [0.1, 0.15) is 18.7 Å². The first-order chi connectivity index (χ1) is 14.8. The molecule has 0 aliphatic heterocycles. The Morgan fingerprint density at radius 2 is 2.00 bits per heavy atom. The van der Waals surface area contributed by atoms with Crippen LogP contribution in [-0.4, -0.2) is 53.7 Å². The molecule has 1 aromatic heterocycles. The zero-order valence-corrected chi connectivity index (χ0v) is 18.5. The summed E-state index contributed by atoms with van der Waals surface area (Å²) < 4.78 is 7.29. The van der Waals surface area contributed by atoms with Crippen molar-refractivity contribution in [3.05, 3.63) is 64.2 Å². The van der Waals surface area contributed by atoms with Gasteiger partial charge < -0.3 is 9.64 Å². The number of hydrogen-bond donors (Lipinski definition) is 1. The predicted molar refractivity (Wildman–Crippen MR) is 120 cm³/mol. The highest BCUT2D eigenvalue weighted by molar-refractivity contribution is 5.94. The summed E-state index contributed by atoms with van der Waals surface area (Å²) in [6.45, 7) is 7.42. The van der Waals surface area contributed by atoms with Crippen molar-refractivity contribution in [3.63, 3.8) is 0 Å². The molecule has 0 atom stereocenters. The van der Waals surface area contributed by atoms with Crippen LogP contribution in [0, 0.1) is 6.92 Å². The number of likely N-dealkylation sites (N-methyl/N-ethyl adjacent to an activating group) is 1. The van der Waals surface area contributed by atoms with Crippen LogP contribution in [0.1, 0.15) is 29.8 Å². The molecule has 8 heteroatoms. The van der Waals surface area contributed by atoms with Crippen LogP contribution in [0.4, 0.5) is 0 Å². The molecular weight excluding hydrogens is 396 g/mol. The number of nitrogens with zero attached hydrogens (tertiary/aromatic N) is 3. The van der Waals surface area contributed by atoms with Crippen LogP contribution in [0.5, 0.6) is 5.75 Å². The number of aryl methyl sites for hydroxylation is 1. The number of amides is 1. The molecule has 3 rings (SSSR count). The standard InChI is InChI=1S/C23H28N4O4/c1-15(2)26(4)10-11-31-18-8-9-20-19(13-18)23(29)27(14-24-20)21-12-17(7-6-16(21)3)22(28)25-30-5/h6-9,12-15H,10-11H2,1-5H3,(H,25,28). The lowest BCUT2D eigenvalue weighted by Gasteiger charge is -2.20. The van der Waals surface area contributed by atoms with Crippen molar-refractivity contribution in [2.45, 2.75) is 26.8 Å². The SMILES string of the molecule is CONC(=O)c1ccc(C)c(-n2cnc3ccc(OCCN(C)C(C)C)cc3c2=O)c1. The Morgan fingerprint density at radius 3 is 2.71 bits per heavy atom. The number of hydroxylamine groups is 1. The second-order valence-electron chi connectivity index (χ2n) is 7.66. The number of carbonyl (C=O) groups excluding carboxylic acids is 1. The molecule has 164 valence electrons. The van der Waals surface area contributed by atoms with E-state index in [2.05, 4.69) is 29.2 Å². The van der Waals surface area contributed by atoms with Gasteiger partial charge in [-0.25, -0.2) is 10.5 Å². The maximum absolute atomic E-state index is 13.2. The van der Waals surface area contributed by atoms with E-state index in [1.165, 1.54) is 18.0 Å². The molecule has 1 amide bonds. The summed E-state index contributed by atoms with van der Waals surface area (Å²) in [6, 6.07) is 10.8. The molecule has 0 bridgehead atoms. The zero-order chi connectivity index (χ0) is 22.5. The van der Waals surface area contributed by atoms with Gasteiger partial charge in [0.15, 0.2) is 0 Å². The minimum Gasteiger partial charge on any atom is -0.492 e. The Balaban J connectivity index is 1.94. The lowest BCUT2D eigenvalue weighted by Crippen LogP contribution is -2.30. The van der Waals surface area contributed by atoms with Crippen LogP contribution in [0.2, 0.25) is 0 Å². The van der Waals surface area contributed by atoms with Gasteiger partial charge in [-0.1, -0.05) is 6.07 Å². The molecule has 0 aliphatic rings. The minimum absolute atomic E-state index is 0.234. The van der Waals surface area contributed by atoms with E-state index in [4.69, 9.17) is 9.57 Å². The minimum atomic E-state index is -0.396. The highest BCUT2D eigenvalue weighted by Crippen LogP contribution is 2.19. The molecule has 0 saturated carbocycles. The summed E-state index contributed by atoms with van der Waals surface area (Å²) in [5.41, 5.74) is 4.42. The normalized spacial score (nSPS) is 11.3. The van der Waals surface area contributed by atoms with Crippen LogP contribution >= 0.6 is 0 Å². The Hall–Kier alpha value is -3.23. The highest BCUT2D eigenvalue weighted by Gasteiger charge is 2.13. The van der Waals surface area contributed by atoms with Crippen LogP contribution < -0.4 is 15.8 Å². The maximum atomic E-state index is 13.2. The van der Waals surface area contributed by atoms with Crippen LogP contribution in [-0.2, 0) is 4.84 Å². The van der Waals surface area contributed by atoms with Crippen LogP contribution in [0.3, 0.4) is 0 Å². The lowest BCUT2D eigenvalue weighted by atomic mass is 10.1. The first-order valence-electron chi connectivity index (χ1n) is 10.1. The van der Waals surface area contributed by atoms with E-state index in [-0.39, 0.29) is 5.56 Å². The topological polar surface area (TPSA) is 85.7 Å². The number of fused-ring (bicyclic) bond motifs is 1. The van der Waals surface area contributed by atoms with Gasteiger partial charge in [-0.3, -0.25) is 19.0 Å². The van der Waals surface area contributed by atoms with Crippen molar-refractivity contribution in [3.8, 4) is 11.4 Å². The van der Waals surface area contributed by atoms with E-state index in [9.17, 15) is 9.59 Å². The first kappa shape index (κ1) is 22.5. The molecular formula is C23H28N4O4. The van der Waals surface area contributed by atoms with Crippen LogP contribution in [0.25, 0.3) is 16.6 Å². The summed E-state index contributed by atoms with van der Waals surface area (Å²) in [6.07, 6.45) is 1.48. The van der Waals surface area contributed by atoms with E-state index in [1.807, 2.05) is 20.0 Å². The first-order valence-corrected chi connectivity index (χ1v) is 10.1. The number of ether oxygens (including phenoxy) is 1. The van der Waals surface area contributed by atoms with Gasteiger partial charge in [0.25, 0.3) is 11.5 Å². The molecule has 0 radical (unpaired) electrons. The van der Waals surface area contributed by atoms with Gasteiger partial charge in [0.05, 0.1) is 23.7 Å². The summed E-state index contributed by atoms with van der Waals surface area (Å²) in [5.74, 6) is 0.221. The smallest absolute Gasteiger partial charge is 0.274 e. The quantitative estimate of drug-likeness (QED) is 0.560. The van der Waals surface area contributed by atoms with Gasteiger partial charge in [-0.05, 0) is 63.7 Å². The van der Waals surface area contributed by atoms with E-state index in [0.29, 0.717) is 40.6 Å². The molecule has 1 N–H and O–H groups in total. The predicted octanol–water partition coefficient (Wildman–Crippen LogP) is 2.70. The average molecular weight is 425 g/mol. The van der Waals surface area contributed by atoms with Gasteiger partial charge in [-0.2, -0.15) is 0 Å². The Labute approximate surface area is 181 Å². The summed E-state index contributed by atoms with van der Waals surface area (Å²) >= 11 is 0. The fraction of sp³-hybridized carbons (Fsp3) is 0.348. The second-order valence-corrected chi connectivity index (χ2v) is 7.66. The fourth-order valence-corrected chi connectivity index (χ4v) is 3.09. The van der Waals surface area contributed by atoms with Gasteiger partial charge in [-0.15, -0.1) is 0 Å². The van der Waals surface area contributed by atoms with Crippen molar-refractivity contribution in [1.29, 1.82) is 0 Å². The average Bonchev–Trinajstić information content (AvgIpc) is 2.75. The number of benzene rings is 2. The number of carbonyl (C=O) groups is 1. The van der Waals surface area contributed by atoms with Gasteiger partial charge in [0, 0.05) is 18.2 Å². The maximum Gasteiger partial charge on any atom is 0.274 e. The lowest BCUT2D eigenvalue weighted by molar-refractivity contribution is 0.0537. The summed E-state index contributed by atoms with van der Waals surface area (Å²) in [7, 11) is 3.41. The van der Waals surface area contributed by atoms with Gasteiger partial charge in [0.2, 0.25) is 0 Å². The van der Waals surface area contributed by atoms with E-state index in [1.54, 1.807) is 30.3 Å². The van der Waals surface area contributed by atoms with Crippen LogP contribution in [0.15, 0.2) is 47.5 Å². The molecule has 31 heavy (non-hydrogen) atoms. The highest BCUT2D eigenvalue weighted by atomic mass is 16.6. The number of hydrogen-bond acceptors (Lipinski definition) is 6. The molecule has 8 nitrogen and oxygen atoms in total. The van der Waals surface area contributed by atoms with E-state index < -0.39 is 5.91 Å². The largest absolute Gasteiger partial charge is 0.492 e. The van der Waals surface area contributed by atoms with Gasteiger partial charge >= 0.3 is 0 Å². The third-order valence-electron chi connectivity index (χ3n) is 5.25. The number of aromatic nitrogens is 2. The second kappa shape index (κ2) is 9.72. The third-order valence-corrected chi connectivity index (χ3v) is 5.25. The van der Waals surface area contributed by atoms with E-state index >= 15 is 0 Å². The summed E-state index contributed by atoms with van der Waals surface area (Å²) in [5, 5.41) is 0.448. The number of nitrogens with one attached hydrogen (secondary N) is 1. The Kier molecular flexibility index (Phi) is 7.04. The number of rotatable bonds is 8. The molecule has 0 spiro atoms. The Morgan fingerprint density at radius 1 is 1.23 bits per heavy atom. The van der Waals surface area contributed by atoms with E-state index in [0.717, 1.165) is 12.1 Å². The molecule has 0 unspecified atom stereocenters.